The number of benzene rings is 1. The van der Waals surface area contributed by atoms with Crippen LogP contribution in [-0.2, 0) is 12.0 Å². The van der Waals surface area contributed by atoms with Crippen molar-refractivity contribution < 1.29 is 10.0 Å². The zero-order chi connectivity index (χ0) is 15.6. The highest BCUT2D eigenvalue weighted by atomic mass is 16.6. The van der Waals surface area contributed by atoms with Crippen LogP contribution in [0.2, 0.25) is 0 Å². The summed E-state index contributed by atoms with van der Waals surface area (Å²) < 4.78 is 1.52. The van der Waals surface area contributed by atoms with Crippen LogP contribution in [0.3, 0.4) is 0 Å². The first-order valence-electron chi connectivity index (χ1n) is 6.48. The van der Waals surface area contributed by atoms with Gasteiger partial charge in [-0.25, -0.2) is 4.68 Å². The molecule has 0 saturated heterocycles. The zero-order valence-electron chi connectivity index (χ0n) is 12.1. The quantitative estimate of drug-likeness (QED) is 0.677. The van der Waals surface area contributed by atoms with Crippen molar-refractivity contribution in [2.45, 2.75) is 38.8 Å². The molecule has 0 amide bonds. The number of rotatable bonds is 4. The van der Waals surface area contributed by atoms with Crippen molar-refractivity contribution in [3.8, 4) is 0 Å². The van der Waals surface area contributed by atoms with Crippen LogP contribution in [0.5, 0.6) is 0 Å². The van der Waals surface area contributed by atoms with E-state index in [1.807, 2.05) is 20.8 Å². The Bertz CT molecular complexity index is 647. The van der Waals surface area contributed by atoms with Gasteiger partial charge >= 0.3 is 0 Å². The fourth-order valence-electron chi connectivity index (χ4n) is 1.98. The van der Waals surface area contributed by atoms with Gasteiger partial charge in [-0.05, 0) is 16.0 Å². The normalized spacial score (nSPS) is 13.1. The average Bonchev–Trinajstić information content (AvgIpc) is 2.87. The molecule has 1 atom stereocenters. The number of aliphatic hydroxyl groups excluding tert-OH is 1. The smallest absolute Gasteiger partial charge is 0.269 e. The van der Waals surface area contributed by atoms with Crippen molar-refractivity contribution in [1.82, 2.24) is 20.2 Å². The molecule has 1 N–H and O–H groups in total. The van der Waals surface area contributed by atoms with Gasteiger partial charge in [0.05, 0.1) is 17.6 Å². The number of aliphatic hydroxyl groups is 1. The lowest BCUT2D eigenvalue weighted by molar-refractivity contribution is -0.385. The van der Waals surface area contributed by atoms with Crippen LogP contribution in [0.25, 0.3) is 0 Å². The van der Waals surface area contributed by atoms with Gasteiger partial charge in [0.25, 0.3) is 5.69 Å². The fraction of sp³-hybridized carbons (Fsp3) is 0.462. The van der Waals surface area contributed by atoms with E-state index < -0.39 is 11.0 Å². The SMILES string of the molecule is CC(C)(C)c1nnnn1CC(O)c1cccc([N+](=O)[O-])c1. The number of nitro groups is 1. The molecule has 1 aromatic heterocycles. The third kappa shape index (κ3) is 3.40. The van der Waals surface area contributed by atoms with Gasteiger partial charge in [-0.1, -0.05) is 32.9 Å². The van der Waals surface area contributed by atoms with Crippen LogP contribution >= 0.6 is 0 Å². The molecule has 0 aliphatic carbocycles. The minimum atomic E-state index is -0.922. The molecule has 0 bridgehead atoms. The maximum Gasteiger partial charge on any atom is 0.269 e. The Morgan fingerprint density at radius 1 is 1.43 bits per heavy atom. The average molecular weight is 291 g/mol. The Labute approximate surface area is 121 Å². The number of hydrogen-bond donors (Lipinski definition) is 1. The van der Waals surface area contributed by atoms with Crippen molar-refractivity contribution in [1.29, 1.82) is 0 Å². The summed E-state index contributed by atoms with van der Waals surface area (Å²) in [5.41, 5.74) is 0.144. The van der Waals surface area contributed by atoms with E-state index in [4.69, 9.17) is 0 Å². The van der Waals surface area contributed by atoms with Crippen LogP contribution in [0.15, 0.2) is 24.3 Å². The molecule has 1 heterocycles. The molecule has 112 valence electrons. The number of tetrazole rings is 1. The second kappa shape index (κ2) is 5.57. The first kappa shape index (κ1) is 15.0. The first-order chi connectivity index (χ1) is 9.79. The van der Waals surface area contributed by atoms with Gasteiger partial charge in [0.2, 0.25) is 0 Å². The third-order valence-electron chi connectivity index (χ3n) is 3.01. The van der Waals surface area contributed by atoms with E-state index in [1.165, 1.54) is 16.8 Å². The molecule has 2 aromatic rings. The van der Waals surface area contributed by atoms with Gasteiger partial charge in [-0.3, -0.25) is 10.1 Å². The van der Waals surface area contributed by atoms with E-state index in [0.717, 1.165) is 0 Å². The molecule has 1 aromatic carbocycles. The summed E-state index contributed by atoms with van der Waals surface area (Å²) >= 11 is 0. The van der Waals surface area contributed by atoms with Gasteiger partial charge in [-0.2, -0.15) is 0 Å². The van der Waals surface area contributed by atoms with Gasteiger partial charge in [0, 0.05) is 17.5 Å². The van der Waals surface area contributed by atoms with Crippen molar-refractivity contribution in [3.05, 3.63) is 45.8 Å². The van der Waals surface area contributed by atoms with Gasteiger partial charge in [0.15, 0.2) is 5.82 Å². The summed E-state index contributed by atoms with van der Waals surface area (Å²) in [6.07, 6.45) is -0.922. The highest BCUT2D eigenvalue weighted by molar-refractivity contribution is 5.35. The molecular formula is C13H17N5O3. The zero-order valence-corrected chi connectivity index (χ0v) is 12.1. The highest BCUT2D eigenvalue weighted by Crippen LogP contribution is 2.23. The largest absolute Gasteiger partial charge is 0.386 e. The molecule has 0 saturated carbocycles. The van der Waals surface area contributed by atoms with Gasteiger partial charge in [-0.15, -0.1) is 5.10 Å². The van der Waals surface area contributed by atoms with Crippen molar-refractivity contribution in [2.75, 3.05) is 0 Å². The summed E-state index contributed by atoms with van der Waals surface area (Å²) in [4.78, 5) is 10.3. The van der Waals surface area contributed by atoms with Crippen LogP contribution in [0.4, 0.5) is 5.69 Å². The summed E-state index contributed by atoms with van der Waals surface area (Å²) in [5, 5.41) is 32.5. The van der Waals surface area contributed by atoms with E-state index in [2.05, 4.69) is 15.5 Å². The van der Waals surface area contributed by atoms with Gasteiger partial charge in [0.1, 0.15) is 0 Å². The first-order valence-corrected chi connectivity index (χ1v) is 6.48. The van der Waals surface area contributed by atoms with Crippen LogP contribution in [0.1, 0.15) is 38.3 Å². The Morgan fingerprint density at radius 2 is 2.14 bits per heavy atom. The lowest BCUT2D eigenvalue weighted by atomic mass is 9.95. The van der Waals surface area contributed by atoms with E-state index >= 15 is 0 Å². The predicted octanol–water partition coefficient (Wildman–Crippen LogP) is 1.61. The molecule has 2 rings (SSSR count). The van der Waals surface area contributed by atoms with E-state index in [9.17, 15) is 15.2 Å². The van der Waals surface area contributed by atoms with Crippen molar-refractivity contribution in [2.24, 2.45) is 0 Å². The molecule has 1 unspecified atom stereocenters. The summed E-state index contributed by atoms with van der Waals surface area (Å²) in [7, 11) is 0. The molecular weight excluding hydrogens is 274 g/mol. The Hall–Kier alpha value is -2.35. The summed E-state index contributed by atoms with van der Waals surface area (Å²) in [6, 6.07) is 5.92. The van der Waals surface area contributed by atoms with Gasteiger partial charge < -0.3 is 5.11 Å². The Kier molecular flexibility index (Phi) is 3.99. The number of aromatic nitrogens is 4. The summed E-state index contributed by atoms with van der Waals surface area (Å²) in [5.74, 6) is 0.645. The van der Waals surface area contributed by atoms with Crippen LogP contribution in [-0.4, -0.2) is 30.2 Å². The molecule has 8 nitrogen and oxygen atoms in total. The molecule has 0 spiro atoms. The number of hydrogen-bond acceptors (Lipinski definition) is 6. The monoisotopic (exact) mass is 291 g/mol. The lowest BCUT2D eigenvalue weighted by Crippen LogP contribution is -2.22. The standard InChI is InChI=1S/C13H17N5O3/c1-13(2,3)12-14-15-16-17(12)8-11(19)9-5-4-6-10(7-9)18(20)21/h4-7,11,19H,8H2,1-3H3. The second-order valence-electron chi connectivity index (χ2n) is 5.80. The van der Waals surface area contributed by atoms with Crippen molar-refractivity contribution in [3.63, 3.8) is 0 Å². The maximum atomic E-state index is 10.8. The second-order valence-corrected chi connectivity index (χ2v) is 5.80. The Balaban J connectivity index is 2.23. The predicted molar refractivity (Wildman–Crippen MR) is 74.6 cm³/mol. The van der Waals surface area contributed by atoms with Crippen molar-refractivity contribution >= 4 is 5.69 Å². The number of nitro benzene ring substituents is 1. The highest BCUT2D eigenvalue weighted by Gasteiger charge is 2.23. The van der Waals surface area contributed by atoms with E-state index in [1.54, 1.807) is 12.1 Å². The molecule has 0 fully saturated rings. The van der Waals surface area contributed by atoms with E-state index in [0.29, 0.717) is 11.4 Å². The fourth-order valence-corrected chi connectivity index (χ4v) is 1.98. The Morgan fingerprint density at radius 3 is 2.76 bits per heavy atom. The van der Waals surface area contributed by atoms with Crippen LogP contribution < -0.4 is 0 Å². The molecule has 0 radical (unpaired) electrons. The minimum Gasteiger partial charge on any atom is -0.386 e. The molecule has 21 heavy (non-hydrogen) atoms. The summed E-state index contributed by atoms with van der Waals surface area (Å²) in [6.45, 7) is 6.04. The van der Waals surface area contributed by atoms with Crippen LogP contribution in [0, 0.1) is 10.1 Å². The number of nitrogens with zero attached hydrogens (tertiary/aromatic N) is 5. The maximum absolute atomic E-state index is 10.8. The lowest BCUT2D eigenvalue weighted by Gasteiger charge is -2.18. The number of non-ortho nitro benzene ring substituents is 1. The molecule has 8 heteroatoms. The minimum absolute atomic E-state index is 0.0562. The molecule has 0 aliphatic rings. The third-order valence-corrected chi connectivity index (χ3v) is 3.01. The topological polar surface area (TPSA) is 107 Å². The molecule has 0 aliphatic heterocycles. The van der Waals surface area contributed by atoms with E-state index in [-0.39, 0.29) is 17.6 Å².